The molecule has 0 amide bonds. The molecule has 0 spiro atoms. The van der Waals surface area contributed by atoms with E-state index in [2.05, 4.69) is 40.8 Å². The molecule has 3 rings (SSSR count). The van der Waals surface area contributed by atoms with Crippen LogP contribution in [0, 0.1) is 0 Å². The number of fused-ring (bicyclic) bond motifs is 1. The molecule has 3 heterocycles. The molecule has 0 radical (unpaired) electrons. The molecule has 1 N–H and O–H groups in total. The molecule has 90 valence electrons. The second kappa shape index (κ2) is 4.04. The Labute approximate surface area is 101 Å². The summed E-state index contributed by atoms with van der Waals surface area (Å²) in [6.07, 6.45) is 2.45. The van der Waals surface area contributed by atoms with Gasteiger partial charge in [-0.25, -0.2) is 4.98 Å². The van der Waals surface area contributed by atoms with Crippen LogP contribution in [0.25, 0.3) is 11.0 Å². The van der Waals surface area contributed by atoms with Crippen molar-refractivity contribution in [2.45, 2.75) is 26.1 Å². The predicted octanol–water partition coefficient (Wildman–Crippen LogP) is 2.18. The quantitative estimate of drug-likeness (QED) is 0.817. The van der Waals surface area contributed by atoms with Crippen LogP contribution in [0.2, 0.25) is 0 Å². The number of rotatable bonds is 1. The first-order valence-corrected chi connectivity index (χ1v) is 6.07. The van der Waals surface area contributed by atoms with Crippen LogP contribution in [0.3, 0.4) is 0 Å². The van der Waals surface area contributed by atoms with E-state index in [1.807, 2.05) is 12.3 Å². The lowest BCUT2D eigenvalue weighted by Gasteiger charge is -2.36. The van der Waals surface area contributed by atoms with Gasteiger partial charge in [-0.3, -0.25) is 0 Å². The average Bonchev–Trinajstić information content (AvgIpc) is 2.74. The normalized spacial score (nSPS) is 25.4. The Morgan fingerprint density at radius 1 is 1.24 bits per heavy atom. The van der Waals surface area contributed by atoms with Crippen LogP contribution in [0.1, 0.15) is 13.8 Å². The van der Waals surface area contributed by atoms with Gasteiger partial charge in [0.15, 0.2) is 0 Å². The zero-order chi connectivity index (χ0) is 11.8. The van der Waals surface area contributed by atoms with Crippen LogP contribution < -0.4 is 4.90 Å². The van der Waals surface area contributed by atoms with Crippen LogP contribution in [0.15, 0.2) is 24.4 Å². The number of anilines is 1. The van der Waals surface area contributed by atoms with Gasteiger partial charge in [0, 0.05) is 24.7 Å². The molecule has 0 aliphatic carbocycles. The summed E-state index contributed by atoms with van der Waals surface area (Å²) in [4.78, 5) is 10.1. The van der Waals surface area contributed by atoms with Crippen molar-refractivity contribution in [3.8, 4) is 0 Å². The van der Waals surface area contributed by atoms with Gasteiger partial charge in [0.25, 0.3) is 0 Å². The molecule has 1 fully saturated rings. The molecule has 17 heavy (non-hydrogen) atoms. The van der Waals surface area contributed by atoms with Gasteiger partial charge in [-0.15, -0.1) is 0 Å². The average molecular weight is 231 g/mol. The maximum absolute atomic E-state index is 5.73. The minimum atomic E-state index is 0.264. The molecule has 0 aromatic carbocycles. The lowest BCUT2D eigenvalue weighted by Crippen LogP contribution is -2.45. The van der Waals surface area contributed by atoms with Gasteiger partial charge in [-0.1, -0.05) is 0 Å². The third kappa shape index (κ3) is 2.00. The standard InChI is InChI=1S/C13H17N3O/c1-9-7-16(8-10(2)17-9)12-4-3-11-5-6-14-13(11)15-12/h3-6,9-10H,7-8H2,1-2H3,(H,14,15)/t9-,10+. The largest absolute Gasteiger partial charge is 0.372 e. The number of hydrogen-bond acceptors (Lipinski definition) is 3. The van der Waals surface area contributed by atoms with Gasteiger partial charge in [0.2, 0.25) is 0 Å². The van der Waals surface area contributed by atoms with Crippen molar-refractivity contribution < 1.29 is 4.74 Å². The minimum absolute atomic E-state index is 0.264. The summed E-state index contributed by atoms with van der Waals surface area (Å²) in [6.45, 7) is 6.03. The van der Waals surface area contributed by atoms with E-state index in [4.69, 9.17) is 4.74 Å². The molecule has 0 bridgehead atoms. The number of ether oxygens (including phenoxy) is 1. The molecule has 4 heteroatoms. The highest BCUT2D eigenvalue weighted by atomic mass is 16.5. The van der Waals surface area contributed by atoms with Crippen molar-refractivity contribution in [1.82, 2.24) is 9.97 Å². The van der Waals surface area contributed by atoms with Crippen molar-refractivity contribution in [3.63, 3.8) is 0 Å². The summed E-state index contributed by atoms with van der Waals surface area (Å²) in [5, 5.41) is 1.16. The van der Waals surface area contributed by atoms with Crippen molar-refractivity contribution in [1.29, 1.82) is 0 Å². The number of aromatic amines is 1. The molecule has 0 saturated carbocycles. The van der Waals surface area contributed by atoms with Crippen LogP contribution in [-0.4, -0.2) is 35.3 Å². The Kier molecular flexibility index (Phi) is 2.52. The number of hydrogen-bond donors (Lipinski definition) is 1. The lowest BCUT2D eigenvalue weighted by molar-refractivity contribution is -0.00544. The van der Waals surface area contributed by atoms with Crippen LogP contribution >= 0.6 is 0 Å². The monoisotopic (exact) mass is 231 g/mol. The van der Waals surface area contributed by atoms with E-state index in [9.17, 15) is 0 Å². The Balaban J connectivity index is 1.91. The SMILES string of the molecule is C[C@@H]1CN(c2ccc3cc[nH]c3n2)C[C@H](C)O1. The number of morpholine rings is 1. The smallest absolute Gasteiger partial charge is 0.139 e. The van der Waals surface area contributed by atoms with E-state index in [-0.39, 0.29) is 12.2 Å². The van der Waals surface area contributed by atoms with Gasteiger partial charge >= 0.3 is 0 Å². The molecule has 0 unspecified atom stereocenters. The maximum atomic E-state index is 5.73. The summed E-state index contributed by atoms with van der Waals surface area (Å²) < 4.78 is 5.73. The van der Waals surface area contributed by atoms with Crippen LogP contribution in [0.5, 0.6) is 0 Å². The second-order valence-corrected chi connectivity index (χ2v) is 4.75. The van der Waals surface area contributed by atoms with Crippen molar-refractivity contribution in [2.75, 3.05) is 18.0 Å². The molecule has 2 aromatic rings. The Hall–Kier alpha value is -1.55. The number of nitrogens with one attached hydrogen (secondary N) is 1. The fraction of sp³-hybridized carbons (Fsp3) is 0.462. The Bertz CT molecular complexity index is 512. The Morgan fingerprint density at radius 2 is 2.00 bits per heavy atom. The topological polar surface area (TPSA) is 41.2 Å². The van der Waals surface area contributed by atoms with E-state index in [0.29, 0.717) is 0 Å². The van der Waals surface area contributed by atoms with Gasteiger partial charge in [0.1, 0.15) is 11.5 Å². The summed E-state index contributed by atoms with van der Waals surface area (Å²) in [6, 6.07) is 6.23. The fourth-order valence-electron chi connectivity index (χ4n) is 2.46. The molecule has 2 aromatic heterocycles. The zero-order valence-electron chi connectivity index (χ0n) is 10.2. The summed E-state index contributed by atoms with van der Waals surface area (Å²) in [7, 11) is 0. The zero-order valence-corrected chi connectivity index (χ0v) is 10.2. The van der Waals surface area contributed by atoms with E-state index in [1.165, 1.54) is 0 Å². The molecule has 1 saturated heterocycles. The maximum Gasteiger partial charge on any atom is 0.139 e. The molecular formula is C13H17N3O. The van der Waals surface area contributed by atoms with Crippen LogP contribution in [0.4, 0.5) is 5.82 Å². The first-order valence-electron chi connectivity index (χ1n) is 6.07. The van der Waals surface area contributed by atoms with Gasteiger partial charge in [0.05, 0.1) is 12.2 Å². The first kappa shape index (κ1) is 10.6. The van der Waals surface area contributed by atoms with E-state index >= 15 is 0 Å². The number of aromatic nitrogens is 2. The van der Waals surface area contributed by atoms with Crippen molar-refractivity contribution in [3.05, 3.63) is 24.4 Å². The van der Waals surface area contributed by atoms with E-state index in [0.717, 1.165) is 29.9 Å². The Morgan fingerprint density at radius 3 is 2.76 bits per heavy atom. The third-order valence-corrected chi connectivity index (χ3v) is 3.14. The molecule has 4 nitrogen and oxygen atoms in total. The lowest BCUT2D eigenvalue weighted by atomic mass is 10.2. The molecule has 1 aliphatic heterocycles. The van der Waals surface area contributed by atoms with Gasteiger partial charge < -0.3 is 14.6 Å². The van der Waals surface area contributed by atoms with Crippen molar-refractivity contribution >= 4 is 16.9 Å². The fourth-order valence-corrected chi connectivity index (χ4v) is 2.46. The molecular weight excluding hydrogens is 214 g/mol. The minimum Gasteiger partial charge on any atom is -0.372 e. The van der Waals surface area contributed by atoms with Gasteiger partial charge in [-0.2, -0.15) is 0 Å². The predicted molar refractivity (Wildman–Crippen MR) is 68.3 cm³/mol. The van der Waals surface area contributed by atoms with Gasteiger partial charge in [-0.05, 0) is 32.0 Å². The van der Waals surface area contributed by atoms with E-state index in [1.54, 1.807) is 0 Å². The molecule has 1 aliphatic rings. The number of nitrogens with zero attached hydrogens (tertiary/aromatic N) is 2. The molecule has 2 atom stereocenters. The second-order valence-electron chi connectivity index (χ2n) is 4.75. The summed E-state index contributed by atoms with van der Waals surface area (Å²) in [5.74, 6) is 1.03. The number of H-pyrrole nitrogens is 1. The van der Waals surface area contributed by atoms with Crippen LogP contribution in [-0.2, 0) is 4.74 Å². The van der Waals surface area contributed by atoms with E-state index < -0.39 is 0 Å². The van der Waals surface area contributed by atoms with Crippen molar-refractivity contribution in [2.24, 2.45) is 0 Å². The number of pyridine rings is 1. The third-order valence-electron chi connectivity index (χ3n) is 3.14. The summed E-state index contributed by atoms with van der Waals surface area (Å²) in [5.41, 5.74) is 0.953. The highest BCUT2D eigenvalue weighted by Gasteiger charge is 2.23. The summed E-state index contributed by atoms with van der Waals surface area (Å²) >= 11 is 0. The highest BCUT2D eigenvalue weighted by Crippen LogP contribution is 2.20. The first-order chi connectivity index (χ1) is 8.22. The highest BCUT2D eigenvalue weighted by molar-refractivity contribution is 5.77.